The summed E-state index contributed by atoms with van der Waals surface area (Å²) >= 11 is 4.33. The molecule has 0 radical (unpaired) electrons. The summed E-state index contributed by atoms with van der Waals surface area (Å²) in [6.07, 6.45) is 0.772. The molecule has 0 aromatic heterocycles. The maximum Gasteiger partial charge on any atom is 0.408 e. The standard InChI is InChI=1S/C29H41N3O5S/c1-8-9-16-32(27(34)24(18-38)31-28(35)37-29(4,5)6)25(21-11-10-19(2)20(3)17-21)26(33)30-22-12-14-23(36-7)15-13-22/h10-15,17,24-25,38H,8-9,16,18H2,1-7H3,(H,30,33)(H,31,35). The summed E-state index contributed by atoms with van der Waals surface area (Å²) in [6.45, 7) is 11.5. The molecule has 0 fully saturated rings. The van der Waals surface area contributed by atoms with E-state index in [2.05, 4.69) is 23.3 Å². The van der Waals surface area contributed by atoms with E-state index in [9.17, 15) is 14.4 Å². The molecule has 9 heteroatoms. The highest BCUT2D eigenvalue weighted by Crippen LogP contribution is 2.27. The van der Waals surface area contributed by atoms with Crippen LogP contribution in [0.15, 0.2) is 42.5 Å². The van der Waals surface area contributed by atoms with Crippen molar-refractivity contribution in [1.82, 2.24) is 10.2 Å². The molecular weight excluding hydrogens is 502 g/mol. The van der Waals surface area contributed by atoms with Crippen LogP contribution in [-0.4, -0.2) is 53.9 Å². The highest BCUT2D eigenvalue weighted by Gasteiger charge is 2.35. The van der Waals surface area contributed by atoms with E-state index in [0.29, 0.717) is 30.0 Å². The Kier molecular flexibility index (Phi) is 11.5. The fraction of sp³-hybridized carbons (Fsp3) is 0.483. The first kappa shape index (κ1) is 31.0. The summed E-state index contributed by atoms with van der Waals surface area (Å²) in [7, 11) is 1.57. The Bertz CT molecular complexity index is 1100. The van der Waals surface area contributed by atoms with Gasteiger partial charge in [0.15, 0.2) is 0 Å². The number of carbonyl (C=O) groups excluding carboxylic acids is 3. The number of hydrogen-bond donors (Lipinski definition) is 3. The number of rotatable bonds is 11. The second-order valence-electron chi connectivity index (χ2n) is 10.2. The van der Waals surface area contributed by atoms with Gasteiger partial charge in [0.1, 0.15) is 23.4 Å². The summed E-state index contributed by atoms with van der Waals surface area (Å²) in [5, 5.41) is 5.58. The van der Waals surface area contributed by atoms with Crippen LogP contribution in [0, 0.1) is 13.8 Å². The van der Waals surface area contributed by atoms with Crippen molar-refractivity contribution in [2.75, 3.05) is 24.7 Å². The van der Waals surface area contributed by atoms with Crippen LogP contribution >= 0.6 is 12.6 Å². The van der Waals surface area contributed by atoms with E-state index in [4.69, 9.17) is 9.47 Å². The summed E-state index contributed by atoms with van der Waals surface area (Å²) in [4.78, 5) is 41.7. The number of aryl methyl sites for hydroxylation is 2. The molecule has 2 unspecified atom stereocenters. The van der Waals surface area contributed by atoms with E-state index in [1.54, 1.807) is 52.1 Å². The van der Waals surface area contributed by atoms with Crippen molar-refractivity contribution in [3.63, 3.8) is 0 Å². The number of alkyl carbamates (subject to hydrolysis) is 1. The topological polar surface area (TPSA) is 97.0 Å². The normalized spacial score (nSPS) is 12.7. The van der Waals surface area contributed by atoms with Gasteiger partial charge in [-0.2, -0.15) is 12.6 Å². The van der Waals surface area contributed by atoms with Crippen molar-refractivity contribution in [3.05, 3.63) is 59.2 Å². The molecule has 0 spiro atoms. The van der Waals surface area contributed by atoms with Gasteiger partial charge in [0.2, 0.25) is 5.91 Å². The SMILES string of the molecule is CCCCN(C(=O)C(CS)NC(=O)OC(C)(C)C)C(C(=O)Nc1ccc(OC)cc1)c1ccc(C)c(C)c1. The van der Waals surface area contributed by atoms with Crippen LogP contribution in [0.2, 0.25) is 0 Å². The number of carbonyl (C=O) groups is 3. The average Bonchev–Trinajstić information content (AvgIpc) is 2.85. The maximum absolute atomic E-state index is 13.9. The summed E-state index contributed by atoms with van der Waals surface area (Å²) in [5.74, 6) is -0.0655. The van der Waals surface area contributed by atoms with Gasteiger partial charge in [-0.15, -0.1) is 0 Å². The van der Waals surface area contributed by atoms with Gasteiger partial charge in [0.05, 0.1) is 7.11 Å². The molecule has 0 saturated heterocycles. The third kappa shape index (κ3) is 8.97. The van der Waals surface area contributed by atoms with Crippen molar-refractivity contribution in [1.29, 1.82) is 0 Å². The van der Waals surface area contributed by atoms with Gasteiger partial charge >= 0.3 is 6.09 Å². The van der Waals surface area contributed by atoms with Gasteiger partial charge in [-0.3, -0.25) is 9.59 Å². The molecule has 0 aliphatic rings. The van der Waals surface area contributed by atoms with Crippen LogP contribution in [0.1, 0.15) is 63.3 Å². The van der Waals surface area contributed by atoms with E-state index in [-0.39, 0.29) is 11.7 Å². The van der Waals surface area contributed by atoms with Gasteiger partial charge in [-0.05, 0) is 82.0 Å². The van der Waals surface area contributed by atoms with Gasteiger partial charge in [-0.1, -0.05) is 31.5 Å². The van der Waals surface area contributed by atoms with Crippen molar-refractivity contribution in [2.45, 2.75) is 72.1 Å². The van der Waals surface area contributed by atoms with Gasteiger partial charge in [-0.25, -0.2) is 4.79 Å². The molecule has 0 aliphatic carbocycles. The lowest BCUT2D eigenvalue weighted by Crippen LogP contribution is -2.53. The molecule has 0 bridgehead atoms. The predicted molar refractivity (Wildman–Crippen MR) is 154 cm³/mol. The molecule has 38 heavy (non-hydrogen) atoms. The minimum Gasteiger partial charge on any atom is -0.497 e. The fourth-order valence-corrected chi connectivity index (χ4v) is 4.07. The lowest BCUT2D eigenvalue weighted by Gasteiger charge is -2.34. The molecule has 0 heterocycles. The van der Waals surface area contributed by atoms with E-state index >= 15 is 0 Å². The number of methoxy groups -OCH3 is 1. The third-order valence-electron chi connectivity index (χ3n) is 5.97. The van der Waals surface area contributed by atoms with Crippen LogP contribution in [0.25, 0.3) is 0 Å². The van der Waals surface area contributed by atoms with Crippen LogP contribution in [0.5, 0.6) is 5.75 Å². The Hall–Kier alpha value is -3.20. The smallest absolute Gasteiger partial charge is 0.408 e. The zero-order valence-corrected chi connectivity index (χ0v) is 24.4. The predicted octanol–water partition coefficient (Wildman–Crippen LogP) is 5.44. The second-order valence-corrected chi connectivity index (χ2v) is 10.6. The molecule has 2 atom stereocenters. The summed E-state index contributed by atoms with van der Waals surface area (Å²) in [6, 6.07) is 10.8. The zero-order chi connectivity index (χ0) is 28.5. The number of benzene rings is 2. The molecule has 3 amide bonds. The quantitative estimate of drug-likeness (QED) is 0.328. The maximum atomic E-state index is 13.9. The molecule has 2 aromatic carbocycles. The Balaban J connectivity index is 2.48. The Labute approximate surface area is 231 Å². The van der Waals surface area contributed by atoms with E-state index in [1.807, 2.05) is 39.0 Å². The Morgan fingerprint density at radius 2 is 1.68 bits per heavy atom. The van der Waals surface area contributed by atoms with Crippen LogP contribution in [0.3, 0.4) is 0 Å². The third-order valence-corrected chi connectivity index (χ3v) is 6.34. The lowest BCUT2D eigenvalue weighted by atomic mass is 9.98. The number of unbranched alkanes of at least 4 members (excludes halogenated alkanes) is 1. The minimum absolute atomic E-state index is 0.0421. The number of amides is 3. The molecule has 8 nitrogen and oxygen atoms in total. The lowest BCUT2D eigenvalue weighted by molar-refractivity contribution is -0.140. The number of ether oxygens (including phenoxy) is 2. The van der Waals surface area contributed by atoms with Crippen LogP contribution in [-0.2, 0) is 14.3 Å². The van der Waals surface area contributed by atoms with Gasteiger partial charge in [0, 0.05) is 18.0 Å². The van der Waals surface area contributed by atoms with Crippen molar-refractivity contribution in [2.24, 2.45) is 0 Å². The average molecular weight is 544 g/mol. The molecule has 208 valence electrons. The monoisotopic (exact) mass is 543 g/mol. The van der Waals surface area contributed by atoms with Crippen molar-refractivity contribution < 1.29 is 23.9 Å². The highest BCUT2D eigenvalue weighted by molar-refractivity contribution is 7.80. The number of anilines is 1. The first-order chi connectivity index (χ1) is 17.9. The fourth-order valence-electron chi connectivity index (χ4n) is 3.82. The van der Waals surface area contributed by atoms with Crippen LogP contribution in [0.4, 0.5) is 10.5 Å². The van der Waals surface area contributed by atoms with Gasteiger partial charge < -0.3 is 25.0 Å². The first-order valence-electron chi connectivity index (χ1n) is 12.8. The zero-order valence-electron chi connectivity index (χ0n) is 23.5. The van der Waals surface area contributed by atoms with E-state index in [0.717, 1.165) is 17.5 Å². The summed E-state index contributed by atoms with van der Waals surface area (Å²) < 4.78 is 10.6. The largest absolute Gasteiger partial charge is 0.497 e. The minimum atomic E-state index is -0.979. The number of nitrogens with zero attached hydrogens (tertiary/aromatic N) is 1. The second kappa shape index (κ2) is 14.1. The summed E-state index contributed by atoms with van der Waals surface area (Å²) in [5.41, 5.74) is 2.61. The molecule has 2 rings (SSSR count). The Morgan fingerprint density at radius 1 is 1.03 bits per heavy atom. The number of nitrogens with one attached hydrogen (secondary N) is 2. The highest BCUT2D eigenvalue weighted by atomic mass is 32.1. The Morgan fingerprint density at radius 3 is 2.21 bits per heavy atom. The van der Waals surface area contributed by atoms with E-state index < -0.39 is 29.7 Å². The van der Waals surface area contributed by atoms with E-state index in [1.165, 1.54) is 4.90 Å². The number of hydrogen-bond acceptors (Lipinski definition) is 6. The number of thiol groups is 1. The van der Waals surface area contributed by atoms with Crippen molar-refractivity contribution >= 4 is 36.2 Å². The first-order valence-corrected chi connectivity index (χ1v) is 13.5. The molecular formula is C29H41N3O5S. The van der Waals surface area contributed by atoms with Crippen LogP contribution < -0.4 is 15.4 Å². The van der Waals surface area contributed by atoms with Gasteiger partial charge in [0.25, 0.3) is 5.91 Å². The van der Waals surface area contributed by atoms with Crippen molar-refractivity contribution in [3.8, 4) is 5.75 Å². The molecule has 0 saturated carbocycles. The molecule has 0 aliphatic heterocycles. The molecule has 2 N–H and O–H groups in total. The molecule has 2 aromatic rings.